The summed E-state index contributed by atoms with van der Waals surface area (Å²) in [5.74, 6) is 0.323. The zero-order chi connectivity index (χ0) is 15.3. The first-order valence-corrected chi connectivity index (χ1v) is 8.63. The Bertz CT molecular complexity index is 566. The summed E-state index contributed by atoms with van der Waals surface area (Å²) in [5, 5.41) is 0. The van der Waals surface area contributed by atoms with E-state index in [-0.39, 0.29) is 15.9 Å². The lowest BCUT2D eigenvalue weighted by Gasteiger charge is -2.22. The van der Waals surface area contributed by atoms with Gasteiger partial charge in [-0.2, -0.15) is 0 Å². The van der Waals surface area contributed by atoms with Crippen LogP contribution in [0.3, 0.4) is 0 Å². The van der Waals surface area contributed by atoms with Crippen LogP contribution in [0.15, 0.2) is 29.2 Å². The van der Waals surface area contributed by atoms with Crippen LogP contribution >= 0.6 is 12.2 Å². The molecule has 0 aliphatic rings. The number of rotatable bonds is 7. The Morgan fingerprint density at radius 3 is 2.45 bits per heavy atom. The lowest BCUT2D eigenvalue weighted by Crippen LogP contribution is -2.37. The highest BCUT2D eigenvalue weighted by molar-refractivity contribution is 7.89. The van der Waals surface area contributed by atoms with Crippen LogP contribution in [0.25, 0.3) is 0 Å². The third-order valence-electron chi connectivity index (χ3n) is 3.53. The van der Waals surface area contributed by atoms with Gasteiger partial charge in [0.2, 0.25) is 10.0 Å². The molecule has 0 amide bonds. The smallest absolute Gasteiger partial charge is 0.240 e. The van der Waals surface area contributed by atoms with E-state index >= 15 is 0 Å². The van der Waals surface area contributed by atoms with Gasteiger partial charge in [-0.25, -0.2) is 13.1 Å². The first-order valence-electron chi connectivity index (χ1n) is 6.74. The molecule has 20 heavy (non-hydrogen) atoms. The number of hydrogen-bond acceptors (Lipinski definition) is 3. The van der Waals surface area contributed by atoms with Gasteiger partial charge >= 0.3 is 0 Å². The van der Waals surface area contributed by atoms with E-state index in [0.29, 0.717) is 11.5 Å². The third kappa shape index (κ3) is 4.26. The predicted octanol–water partition coefficient (Wildman–Crippen LogP) is 2.42. The SMILES string of the molecule is CCC(CC)C(C)NS(=O)(=O)c1cccc(C(N)=S)c1. The lowest BCUT2D eigenvalue weighted by molar-refractivity contribution is 0.391. The Balaban J connectivity index is 2.99. The average Bonchev–Trinajstić information content (AvgIpc) is 2.39. The summed E-state index contributed by atoms with van der Waals surface area (Å²) < 4.78 is 27.4. The molecule has 0 saturated carbocycles. The molecule has 0 saturated heterocycles. The van der Waals surface area contributed by atoms with Crippen molar-refractivity contribution in [3.8, 4) is 0 Å². The van der Waals surface area contributed by atoms with Crippen molar-refractivity contribution in [2.75, 3.05) is 0 Å². The molecular formula is C14H22N2O2S2. The van der Waals surface area contributed by atoms with Crippen LogP contribution in [-0.4, -0.2) is 19.4 Å². The van der Waals surface area contributed by atoms with Crippen LogP contribution in [-0.2, 0) is 10.0 Å². The van der Waals surface area contributed by atoms with Crippen LogP contribution < -0.4 is 10.5 Å². The molecule has 1 aromatic rings. The Morgan fingerprint density at radius 2 is 1.95 bits per heavy atom. The van der Waals surface area contributed by atoms with Crippen molar-refractivity contribution in [2.45, 2.75) is 44.6 Å². The molecule has 0 aliphatic heterocycles. The Hall–Kier alpha value is -0.980. The van der Waals surface area contributed by atoms with Crippen LogP contribution in [0, 0.1) is 5.92 Å². The maximum Gasteiger partial charge on any atom is 0.240 e. The molecule has 0 fully saturated rings. The summed E-state index contributed by atoms with van der Waals surface area (Å²) in [4.78, 5) is 0.385. The fraction of sp³-hybridized carbons (Fsp3) is 0.500. The molecule has 1 atom stereocenters. The number of sulfonamides is 1. The monoisotopic (exact) mass is 314 g/mol. The average molecular weight is 314 g/mol. The van der Waals surface area contributed by atoms with Gasteiger partial charge in [-0.05, 0) is 25.0 Å². The zero-order valence-electron chi connectivity index (χ0n) is 12.1. The summed E-state index contributed by atoms with van der Waals surface area (Å²) in [5.41, 5.74) is 6.09. The highest BCUT2D eigenvalue weighted by Gasteiger charge is 2.22. The Morgan fingerprint density at radius 1 is 1.35 bits per heavy atom. The van der Waals surface area contributed by atoms with E-state index in [9.17, 15) is 8.42 Å². The molecule has 0 heterocycles. The molecule has 0 spiro atoms. The van der Waals surface area contributed by atoms with Crippen molar-refractivity contribution in [3.63, 3.8) is 0 Å². The second-order valence-electron chi connectivity index (χ2n) is 4.88. The first-order chi connectivity index (χ1) is 9.31. The molecule has 0 bridgehead atoms. The Kier molecular flexibility index (Phi) is 6.10. The highest BCUT2D eigenvalue weighted by Crippen LogP contribution is 2.17. The first kappa shape index (κ1) is 17.1. The van der Waals surface area contributed by atoms with Crippen molar-refractivity contribution in [3.05, 3.63) is 29.8 Å². The second-order valence-corrected chi connectivity index (χ2v) is 7.03. The summed E-state index contributed by atoms with van der Waals surface area (Å²) in [7, 11) is -3.55. The lowest BCUT2D eigenvalue weighted by atomic mass is 9.96. The minimum absolute atomic E-state index is 0.108. The number of thiocarbonyl (C=S) groups is 1. The Labute approximate surface area is 126 Å². The van der Waals surface area contributed by atoms with E-state index in [1.54, 1.807) is 18.2 Å². The van der Waals surface area contributed by atoms with Crippen molar-refractivity contribution in [1.82, 2.24) is 4.72 Å². The van der Waals surface area contributed by atoms with Crippen molar-refractivity contribution >= 4 is 27.2 Å². The summed E-state index contributed by atoms with van der Waals surface area (Å²) in [6.07, 6.45) is 1.88. The number of nitrogens with two attached hydrogens (primary N) is 1. The van der Waals surface area contributed by atoms with Gasteiger partial charge < -0.3 is 5.73 Å². The molecule has 112 valence electrons. The summed E-state index contributed by atoms with van der Waals surface area (Å²) in [6, 6.07) is 6.29. The molecule has 4 nitrogen and oxygen atoms in total. The normalized spacial score (nSPS) is 13.4. The van der Waals surface area contributed by atoms with Crippen LogP contribution in [0.5, 0.6) is 0 Å². The molecule has 0 aromatic heterocycles. The second kappa shape index (κ2) is 7.15. The van der Waals surface area contributed by atoms with Gasteiger partial charge in [0.25, 0.3) is 0 Å². The van der Waals surface area contributed by atoms with Crippen LogP contribution in [0.4, 0.5) is 0 Å². The fourth-order valence-corrected chi connectivity index (χ4v) is 3.71. The quantitative estimate of drug-likeness (QED) is 0.758. The molecule has 1 rings (SSSR count). The fourth-order valence-electron chi connectivity index (χ4n) is 2.22. The number of hydrogen-bond donors (Lipinski definition) is 2. The van der Waals surface area contributed by atoms with E-state index in [1.165, 1.54) is 6.07 Å². The maximum absolute atomic E-state index is 12.4. The third-order valence-corrected chi connectivity index (χ3v) is 5.32. The summed E-state index contributed by atoms with van der Waals surface area (Å²) in [6.45, 7) is 6.02. The molecule has 3 N–H and O–H groups in total. The minimum Gasteiger partial charge on any atom is -0.389 e. The van der Waals surface area contributed by atoms with Gasteiger partial charge in [-0.15, -0.1) is 0 Å². The van der Waals surface area contributed by atoms with Crippen molar-refractivity contribution < 1.29 is 8.42 Å². The zero-order valence-corrected chi connectivity index (χ0v) is 13.7. The van der Waals surface area contributed by atoms with E-state index < -0.39 is 10.0 Å². The van der Waals surface area contributed by atoms with Crippen molar-refractivity contribution in [2.24, 2.45) is 11.7 Å². The van der Waals surface area contributed by atoms with Gasteiger partial charge in [0.15, 0.2) is 0 Å². The molecule has 0 aliphatic carbocycles. The predicted molar refractivity (Wildman–Crippen MR) is 86.2 cm³/mol. The number of benzene rings is 1. The van der Waals surface area contributed by atoms with E-state index in [0.717, 1.165) is 12.8 Å². The highest BCUT2D eigenvalue weighted by atomic mass is 32.2. The van der Waals surface area contributed by atoms with Gasteiger partial charge in [0.1, 0.15) is 4.99 Å². The number of nitrogens with one attached hydrogen (secondary N) is 1. The van der Waals surface area contributed by atoms with Crippen LogP contribution in [0.1, 0.15) is 39.2 Å². The molecule has 6 heteroatoms. The van der Waals surface area contributed by atoms with Crippen LogP contribution in [0.2, 0.25) is 0 Å². The minimum atomic E-state index is -3.55. The standard InChI is InChI=1S/C14H22N2O2S2/c1-4-11(5-2)10(3)16-20(17,18)13-8-6-7-12(9-13)14(15)19/h6-11,16H,4-5H2,1-3H3,(H2,15,19). The van der Waals surface area contributed by atoms with Gasteiger partial charge in [-0.1, -0.05) is 51.0 Å². The van der Waals surface area contributed by atoms with Gasteiger partial charge in [0.05, 0.1) is 4.90 Å². The largest absolute Gasteiger partial charge is 0.389 e. The van der Waals surface area contributed by atoms with E-state index in [1.807, 2.05) is 6.92 Å². The summed E-state index contributed by atoms with van der Waals surface area (Å²) >= 11 is 4.87. The van der Waals surface area contributed by atoms with Gasteiger partial charge in [0, 0.05) is 11.6 Å². The van der Waals surface area contributed by atoms with Crippen molar-refractivity contribution in [1.29, 1.82) is 0 Å². The molecule has 0 radical (unpaired) electrons. The molecule has 1 aromatic carbocycles. The maximum atomic E-state index is 12.4. The molecular weight excluding hydrogens is 292 g/mol. The van der Waals surface area contributed by atoms with E-state index in [4.69, 9.17) is 18.0 Å². The van der Waals surface area contributed by atoms with E-state index in [2.05, 4.69) is 18.6 Å². The molecule has 1 unspecified atom stereocenters. The topological polar surface area (TPSA) is 72.2 Å². The van der Waals surface area contributed by atoms with Gasteiger partial charge in [-0.3, -0.25) is 0 Å².